The first-order valence-electron chi connectivity index (χ1n) is 9.60. The molecule has 0 spiro atoms. The summed E-state index contributed by atoms with van der Waals surface area (Å²) in [6, 6.07) is 24.0. The van der Waals surface area contributed by atoms with Gasteiger partial charge in [-0.3, -0.25) is 9.59 Å². The van der Waals surface area contributed by atoms with Crippen molar-refractivity contribution in [3.8, 4) is 0 Å². The number of rotatable bonds is 6. The Kier molecular flexibility index (Phi) is 5.63. The zero-order valence-electron chi connectivity index (χ0n) is 15.8. The van der Waals surface area contributed by atoms with E-state index in [4.69, 9.17) is 11.6 Å². The van der Waals surface area contributed by atoms with E-state index in [2.05, 4.69) is 5.32 Å². The summed E-state index contributed by atoms with van der Waals surface area (Å²) >= 11 is 6.30. The Bertz CT molecular complexity index is 1040. The van der Waals surface area contributed by atoms with Crippen molar-refractivity contribution >= 4 is 23.4 Å². The largest absolute Gasteiger partial charge is 0.354 e. The van der Waals surface area contributed by atoms with Gasteiger partial charge in [0.2, 0.25) is 5.91 Å². The SMILES string of the molecule is O=C(NCCc1ccccc1)C1c2ccccc2C(=O)N1Cc1ccccc1Cl. The van der Waals surface area contributed by atoms with Gasteiger partial charge >= 0.3 is 0 Å². The molecule has 0 fully saturated rings. The predicted octanol–water partition coefficient (Wildman–Crippen LogP) is 4.40. The molecule has 146 valence electrons. The molecule has 0 saturated heterocycles. The van der Waals surface area contributed by atoms with Crippen LogP contribution in [0.4, 0.5) is 0 Å². The molecule has 1 heterocycles. The molecule has 0 aliphatic carbocycles. The van der Waals surface area contributed by atoms with Crippen molar-refractivity contribution in [3.05, 3.63) is 106 Å². The van der Waals surface area contributed by atoms with Gasteiger partial charge in [-0.1, -0.05) is 78.3 Å². The Morgan fingerprint density at radius 3 is 2.41 bits per heavy atom. The maximum absolute atomic E-state index is 13.1. The molecule has 1 N–H and O–H groups in total. The number of hydrogen-bond donors (Lipinski definition) is 1. The molecular formula is C24H21ClN2O2. The standard InChI is InChI=1S/C24H21ClN2O2/c25-21-13-7-4-10-18(21)16-27-22(19-11-5-6-12-20(19)24(27)29)23(28)26-15-14-17-8-2-1-3-9-17/h1-13,22H,14-16H2,(H,26,28). The van der Waals surface area contributed by atoms with Gasteiger partial charge in [0.1, 0.15) is 6.04 Å². The molecule has 1 atom stereocenters. The molecule has 3 aromatic rings. The van der Waals surface area contributed by atoms with Gasteiger partial charge in [-0.2, -0.15) is 0 Å². The second-order valence-corrected chi connectivity index (χ2v) is 7.45. The van der Waals surface area contributed by atoms with Crippen LogP contribution in [-0.2, 0) is 17.8 Å². The van der Waals surface area contributed by atoms with Gasteiger partial charge in [0.25, 0.3) is 5.91 Å². The smallest absolute Gasteiger partial charge is 0.255 e. The summed E-state index contributed by atoms with van der Waals surface area (Å²) in [5.41, 5.74) is 3.28. The number of nitrogens with zero attached hydrogens (tertiary/aromatic N) is 1. The lowest BCUT2D eigenvalue weighted by Crippen LogP contribution is -2.39. The van der Waals surface area contributed by atoms with Crippen molar-refractivity contribution < 1.29 is 9.59 Å². The monoisotopic (exact) mass is 404 g/mol. The number of carbonyl (C=O) groups is 2. The van der Waals surface area contributed by atoms with Gasteiger partial charge in [0.05, 0.1) is 0 Å². The zero-order valence-corrected chi connectivity index (χ0v) is 16.6. The van der Waals surface area contributed by atoms with E-state index in [1.807, 2.05) is 66.7 Å². The quantitative estimate of drug-likeness (QED) is 0.662. The van der Waals surface area contributed by atoms with E-state index in [0.717, 1.165) is 23.1 Å². The Balaban J connectivity index is 1.54. The summed E-state index contributed by atoms with van der Waals surface area (Å²) in [6.07, 6.45) is 0.736. The summed E-state index contributed by atoms with van der Waals surface area (Å²) in [5.74, 6) is -0.324. The highest BCUT2D eigenvalue weighted by Crippen LogP contribution is 2.35. The second-order valence-electron chi connectivity index (χ2n) is 7.04. The Labute approximate surface area is 175 Å². The minimum Gasteiger partial charge on any atom is -0.354 e. The summed E-state index contributed by atoms with van der Waals surface area (Å²) in [7, 11) is 0. The Morgan fingerprint density at radius 2 is 1.62 bits per heavy atom. The maximum Gasteiger partial charge on any atom is 0.255 e. The van der Waals surface area contributed by atoms with E-state index in [1.54, 1.807) is 17.0 Å². The fourth-order valence-corrected chi connectivity index (χ4v) is 3.89. The normalized spacial score (nSPS) is 15.3. The average Bonchev–Trinajstić information content (AvgIpc) is 3.02. The fraction of sp³-hybridized carbons (Fsp3) is 0.167. The van der Waals surface area contributed by atoms with Crippen LogP contribution in [0.2, 0.25) is 5.02 Å². The zero-order chi connectivity index (χ0) is 20.2. The van der Waals surface area contributed by atoms with Crippen molar-refractivity contribution in [1.29, 1.82) is 0 Å². The Morgan fingerprint density at radius 1 is 0.931 bits per heavy atom. The van der Waals surface area contributed by atoms with Crippen LogP contribution in [0.15, 0.2) is 78.9 Å². The summed E-state index contributed by atoms with van der Waals surface area (Å²) in [4.78, 5) is 27.7. The van der Waals surface area contributed by atoms with Crippen LogP contribution in [0.5, 0.6) is 0 Å². The van der Waals surface area contributed by atoms with Gasteiger partial charge in [-0.15, -0.1) is 0 Å². The minimum absolute atomic E-state index is 0.149. The van der Waals surface area contributed by atoms with Crippen LogP contribution >= 0.6 is 11.6 Å². The molecule has 1 unspecified atom stereocenters. The van der Waals surface area contributed by atoms with Crippen LogP contribution in [0.25, 0.3) is 0 Å². The molecule has 5 heteroatoms. The van der Waals surface area contributed by atoms with Gasteiger partial charge in [0.15, 0.2) is 0 Å². The van der Waals surface area contributed by atoms with Crippen molar-refractivity contribution in [3.63, 3.8) is 0 Å². The molecular weight excluding hydrogens is 384 g/mol. The molecule has 0 saturated carbocycles. The average molecular weight is 405 g/mol. The minimum atomic E-state index is -0.661. The van der Waals surface area contributed by atoms with E-state index in [9.17, 15) is 9.59 Å². The van der Waals surface area contributed by atoms with E-state index in [-0.39, 0.29) is 18.4 Å². The molecule has 1 aliphatic heterocycles. The lowest BCUT2D eigenvalue weighted by Gasteiger charge is -2.25. The lowest BCUT2D eigenvalue weighted by molar-refractivity contribution is -0.125. The maximum atomic E-state index is 13.1. The van der Waals surface area contributed by atoms with E-state index >= 15 is 0 Å². The van der Waals surface area contributed by atoms with Crippen LogP contribution < -0.4 is 5.32 Å². The van der Waals surface area contributed by atoms with Gasteiger partial charge < -0.3 is 10.2 Å². The number of fused-ring (bicyclic) bond motifs is 1. The number of carbonyl (C=O) groups excluding carboxylic acids is 2. The van der Waals surface area contributed by atoms with Crippen molar-refractivity contribution in [2.75, 3.05) is 6.54 Å². The van der Waals surface area contributed by atoms with Crippen LogP contribution in [0, 0.1) is 0 Å². The third kappa shape index (κ3) is 4.03. The van der Waals surface area contributed by atoms with E-state index in [1.165, 1.54) is 0 Å². The number of benzene rings is 3. The first kappa shape index (κ1) is 19.2. The third-order valence-corrected chi connectivity index (χ3v) is 5.53. The molecule has 4 rings (SSSR count). The summed E-state index contributed by atoms with van der Waals surface area (Å²) < 4.78 is 0. The molecule has 29 heavy (non-hydrogen) atoms. The molecule has 3 aromatic carbocycles. The molecule has 2 amide bonds. The first-order valence-corrected chi connectivity index (χ1v) is 9.98. The summed E-state index contributed by atoms with van der Waals surface area (Å²) in [5, 5.41) is 3.58. The Hall–Kier alpha value is -3.11. The highest BCUT2D eigenvalue weighted by Gasteiger charge is 2.40. The number of halogens is 1. The van der Waals surface area contributed by atoms with E-state index < -0.39 is 6.04 Å². The van der Waals surface area contributed by atoms with Gasteiger partial charge in [-0.05, 0) is 35.2 Å². The fourth-order valence-electron chi connectivity index (χ4n) is 3.70. The lowest BCUT2D eigenvalue weighted by atomic mass is 10.0. The topological polar surface area (TPSA) is 49.4 Å². The van der Waals surface area contributed by atoms with Crippen molar-refractivity contribution in [1.82, 2.24) is 10.2 Å². The molecule has 0 radical (unpaired) electrons. The molecule has 0 bridgehead atoms. The van der Waals surface area contributed by atoms with Crippen LogP contribution in [0.3, 0.4) is 0 Å². The van der Waals surface area contributed by atoms with Crippen molar-refractivity contribution in [2.24, 2.45) is 0 Å². The highest BCUT2D eigenvalue weighted by atomic mass is 35.5. The van der Waals surface area contributed by atoms with E-state index in [0.29, 0.717) is 17.1 Å². The highest BCUT2D eigenvalue weighted by molar-refractivity contribution is 6.31. The molecule has 4 nitrogen and oxygen atoms in total. The molecule has 0 aromatic heterocycles. The van der Waals surface area contributed by atoms with Gasteiger partial charge in [-0.25, -0.2) is 0 Å². The summed E-state index contributed by atoms with van der Waals surface area (Å²) in [6.45, 7) is 0.791. The molecule has 1 aliphatic rings. The predicted molar refractivity (Wildman–Crippen MR) is 114 cm³/mol. The second kappa shape index (κ2) is 8.50. The van der Waals surface area contributed by atoms with Crippen molar-refractivity contribution in [2.45, 2.75) is 19.0 Å². The number of hydrogen-bond acceptors (Lipinski definition) is 2. The third-order valence-electron chi connectivity index (χ3n) is 5.16. The number of nitrogens with one attached hydrogen (secondary N) is 1. The first-order chi connectivity index (χ1) is 14.1. The van der Waals surface area contributed by atoms with Crippen LogP contribution in [-0.4, -0.2) is 23.3 Å². The number of amides is 2. The van der Waals surface area contributed by atoms with Gasteiger partial charge in [0, 0.05) is 23.7 Å². The van der Waals surface area contributed by atoms with Crippen LogP contribution in [0.1, 0.15) is 33.1 Å².